The summed E-state index contributed by atoms with van der Waals surface area (Å²) in [6, 6.07) is 16.3. The monoisotopic (exact) mass is 464 g/mol. The highest BCUT2D eigenvalue weighted by molar-refractivity contribution is 5.94. The van der Waals surface area contributed by atoms with Gasteiger partial charge in [-0.2, -0.15) is 0 Å². The molecule has 0 aliphatic rings. The molecule has 0 atom stereocenters. The van der Waals surface area contributed by atoms with Crippen LogP contribution in [-0.4, -0.2) is 30.0 Å². The highest BCUT2D eigenvalue weighted by Gasteiger charge is 2.21. The van der Waals surface area contributed by atoms with E-state index in [-0.39, 0.29) is 18.7 Å². The van der Waals surface area contributed by atoms with Crippen LogP contribution in [-0.2, 0) is 13.1 Å². The fourth-order valence-corrected chi connectivity index (χ4v) is 3.72. The van der Waals surface area contributed by atoms with Crippen LogP contribution < -0.4 is 15.0 Å². The zero-order chi connectivity index (χ0) is 24.2. The molecule has 34 heavy (non-hydrogen) atoms. The molecule has 0 fully saturated rings. The molecular formula is C26H22F2N2O4. The molecular weight excluding hydrogens is 442 g/mol. The average Bonchev–Trinajstić information content (AvgIpc) is 2.84. The van der Waals surface area contributed by atoms with Gasteiger partial charge in [-0.1, -0.05) is 24.3 Å². The summed E-state index contributed by atoms with van der Waals surface area (Å²) in [5, 5.41) is 0.673. The maximum atomic E-state index is 14.4. The molecule has 1 heterocycles. The second kappa shape index (κ2) is 9.74. The minimum atomic E-state index is -0.666. The fraction of sp³-hybridized carbons (Fsp3) is 0.154. The predicted octanol–water partition coefficient (Wildman–Crippen LogP) is 4.67. The van der Waals surface area contributed by atoms with Crippen molar-refractivity contribution in [3.05, 3.63) is 105 Å². The third kappa shape index (κ3) is 4.76. The first-order chi connectivity index (χ1) is 16.4. The summed E-state index contributed by atoms with van der Waals surface area (Å²) in [7, 11) is 3.01. The highest BCUT2D eigenvalue weighted by atomic mass is 19.1. The lowest BCUT2D eigenvalue weighted by molar-refractivity contribution is 0.0724. The Bertz CT molecular complexity index is 1400. The van der Waals surface area contributed by atoms with E-state index in [1.54, 1.807) is 36.4 Å². The van der Waals surface area contributed by atoms with E-state index in [0.29, 0.717) is 33.5 Å². The Morgan fingerprint density at radius 1 is 0.912 bits per heavy atom. The van der Waals surface area contributed by atoms with Gasteiger partial charge in [0, 0.05) is 23.6 Å². The van der Waals surface area contributed by atoms with Gasteiger partial charge in [0.15, 0.2) is 11.5 Å². The molecule has 174 valence electrons. The van der Waals surface area contributed by atoms with E-state index < -0.39 is 23.1 Å². The van der Waals surface area contributed by atoms with Crippen LogP contribution in [0.1, 0.15) is 21.5 Å². The van der Waals surface area contributed by atoms with Crippen molar-refractivity contribution in [3.8, 4) is 11.5 Å². The quantitative estimate of drug-likeness (QED) is 0.432. The number of ether oxygens (including phenoxy) is 2. The number of halogens is 2. The summed E-state index contributed by atoms with van der Waals surface area (Å²) in [5.41, 5.74) is 0.955. The van der Waals surface area contributed by atoms with E-state index in [9.17, 15) is 18.4 Å². The van der Waals surface area contributed by atoms with Gasteiger partial charge in [0.05, 0.1) is 31.8 Å². The Morgan fingerprint density at radius 2 is 1.59 bits per heavy atom. The molecule has 0 saturated heterocycles. The lowest BCUT2D eigenvalue weighted by Gasteiger charge is -2.23. The van der Waals surface area contributed by atoms with Crippen LogP contribution >= 0.6 is 0 Å². The summed E-state index contributed by atoms with van der Waals surface area (Å²) in [6.45, 7) is -0.0407. The molecule has 1 amide bonds. The zero-order valence-electron chi connectivity index (χ0n) is 18.6. The number of aromatic nitrogens is 1. The number of amides is 1. The number of carbonyl (C=O) groups is 1. The molecule has 1 N–H and O–H groups in total. The summed E-state index contributed by atoms with van der Waals surface area (Å²) in [4.78, 5) is 30.3. The molecule has 1 aromatic heterocycles. The number of aromatic amines is 1. The van der Waals surface area contributed by atoms with Crippen LogP contribution in [0.5, 0.6) is 11.5 Å². The third-order valence-corrected chi connectivity index (χ3v) is 5.46. The standard InChI is InChI=1S/C26H22F2N2O4/c1-33-23-12-17-11-18(25(31)29-22(17)13-24(23)34-2)15-30(14-16-7-9-19(27)10-8-16)26(32)20-5-3-4-6-21(20)28/h3-13H,14-15H2,1-2H3,(H,29,31). The molecule has 4 rings (SSSR count). The Hall–Kier alpha value is -4.20. The lowest BCUT2D eigenvalue weighted by atomic mass is 10.1. The van der Waals surface area contributed by atoms with Gasteiger partial charge < -0.3 is 19.4 Å². The van der Waals surface area contributed by atoms with Gasteiger partial charge in [-0.3, -0.25) is 9.59 Å². The van der Waals surface area contributed by atoms with E-state index in [1.165, 1.54) is 49.5 Å². The molecule has 0 aliphatic heterocycles. The molecule has 8 heteroatoms. The van der Waals surface area contributed by atoms with Crippen molar-refractivity contribution in [1.82, 2.24) is 9.88 Å². The first-order valence-corrected chi connectivity index (χ1v) is 10.5. The number of pyridine rings is 1. The van der Waals surface area contributed by atoms with Crippen LogP contribution in [0.3, 0.4) is 0 Å². The van der Waals surface area contributed by atoms with Crippen LogP contribution in [0.25, 0.3) is 10.9 Å². The second-order valence-corrected chi connectivity index (χ2v) is 7.69. The van der Waals surface area contributed by atoms with E-state index >= 15 is 0 Å². The number of benzene rings is 3. The maximum absolute atomic E-state index is 14.4. The smallest absolute Gasteiger partial charge is 0.257 e. The number of rotatable bonds is 7. The van der Waals surface area contributed by atoms with Crippen molar-refractivity contribution in [1.29, 1.82) is 0 Å². The van der Waals surface area contributed by atoms with Crippen LogP contribution in [0.15, 0.2) is 71.5 Å². The van der Waals surface area contributed by atoms with Gasteiger partial charge in [0.2, 0.25) is 0 Å². The molecule has 0 radical (unpaired) electrons. The highest BCUT2D eigenvalue weighted by Crippen LogP contribution is 2.31. The van der Waals surface area contributed by atoms with E-state index in [4.69, 9.17) is 9.47 Å². The second-order valence-electron chi connectivity index (χ2n) is 7.69. The Kier molecular flexibility index (Phi) is 6.58. The molecule has 0 saturated carbocycles. The summed E-state index contributed by atoms with van der Waals surface area (Å²) in [5.74, 6) is -0.717. The maximum Gasteiger partial charge on any atom is 0.257 e. The average molecular weight is 464 g/mol. The minimum absolute atomic E-state index is 0.0524. The third-order valence-electron chi connectivity index (χ3n) is 5.46. The molecule has 4 aromatic rings. The van der Waals surface area contributed by atoms with E-state index in [1.807, 2.05) is 0 Å². The number of H-pyrrole nitrogens is 1. The molecule has 6 nitrogen and oxygen atoms in total. The van der Waals surface area contributed by atoms with Gasteiger partial charge in [-0.05, 0) is 42.0 Å². The van der Waals surface area contributed by atoms with Crippen LogP contribution in [0.4, 0.5) is 8.78 Å². The summed E-state index contributed by atoms with van der Waals surface area (Å²) >= 11 is 0. The van der Waals surface area contributed by atoms with Crippen molar-refractivity contribution in [2.24, 2.45) is 0 Å². The first kappa shape index (κ1) is 23.0. The molecule has 0 aliphatic carbocycles. The lowest BCUT2D eigenvalue weighted by Crippen LogP contribution is -2.33. The topological polar surface area (TPSA) is 71.6 Å². The molecule has 0 unspecified atom stereocenters. The number of hydrogen-bond donors (Lipinski definition) is 1. The van der Waals surface area contributed by atoms with Gasteiger partial charge in [-0.15, -0.1) is 0 Å². The van der Waals surface area contributed by atoms with Crippen molar-refractivity contribution < 1.29 is 23.0 Å². The summed E-state index contributed by atoms with van der Waals surface area (Å²) in [6.07, 6.45) is 0. The number of nitrogens with zero attached hydrogens (tertiary/aromatic N) is 1. The van der Waals surface area contributed by atoms with Crippen molar-refractivity contribution in [2.75, 3.05) is 14.2 Å². The van der Waals surface area contributed by atoms with Crippen LogP contribution in [0, 0.1) is 11.6 Å². The van der Waals surface area contributed by atoms with E-state index in [0.717, 1.165) is 0 Å². The number of hydrogen-bond acceptors (Lipinski definition) is 4. The number of methoxy groups -OCH3 is 2. The van der Waals surface area contributed by atoms with Gasteiger partial charge in [0.25, 0.3) is 11.5 Å². The fourth-order valence-electron chi connectivity index (χ4n) is 3.72. The number of fused-ring (bicyclic) bond motifs is 1. The minimum Gasteiger partial charge on any atom is -0.493 e. The zero-order valence-corrected chi connectivity index (χ0v) is 18.6. The van der Waals surface area contributed by atoms with Gasteiger partial charge in [0.1, 0.15) is 11.6 Å². The normalized spacial score (nSPS) is 10.8. The van der Waals surface area contributed by atoms with Crippen molar-refractivity contribution in [3.63, 3.8) is 0 Å². The largest absolute Gasteiger partial charge is 0.493 e. The predicted molar refractivity (Wildman–Crippen MR) is 124 cm³/mol. The first-order valence-electron chi connectivity index (χ1n) is 10.5. The summed E-state index contributed by atoms with van der Waals surface area (Å²) < 4.78 is 38.4. The van der Waals surface area contributed by atoms with Crippen molar-refractivity contribution >= 4 is 16.8 Å². The Labute approximate surface area is 194 Å². The number of carbonyl (C=O) groups excluding carboxylic acids is 1. The SMILES string of the molecule is COc1cc2cc(CN(Cc3ccc(F)cc3)C(=O)c3ccccc3F)c(=O)[nH]c2cc1OC. The van der Waals surface area contributed by atoms with Crippen LogP contribution in [0.2, 0.25) is 0 Å². The molecule has 0 spiro atoms. The Morgan fingerprint density at radius 3 is 2.26 bits per heavy atom. The van der Waals surface area contributed by atoms with Gasteiger partial charge >= 0.3 is 0 Å². The van der Waals surface area contributed by atoms with Crippen molar-refractivity contribution in [2.45, 2.75) is 13.1 Å². The molecule has 0 bridgehead atoms. The number of nitrogens with one attached hydrogen (secondary N) is 1. The Balaban J connectivity index is 1.74. The molecule has 3 aromatic carbocycles. The van der Waals surface area contributed by atoms with Gasteiger partial charge in [-0.25, -0.2) is 8.78 Å². The van der Waals surface area contributed by atoms with E-state index in [2.05, 4.69) is 4.98 Å².